The van der Waals surface area contributed by atoms with Crippen LogP contribution in [0.5, 0.6) is 0 Å². The molecule has 20 heavy (non-hydrogen) atoms. The molecule has 0 radical (unpaired) electrons. The van der Waals surface area contributed by atoms with Crippen molar-refractivity contribution in [3.05, 3.63) is 60.2 Å². The molecule has 0 saturated carbocycles. The summed E-state index contributed by atoms with van der Waals surface area (Å²) in [6.45, 7) is 0.837. The van der Waals surface area contributed by atoms with E-state index in [9.17, 15) is 8.42 Å². The molecular formula is C15H18N2O2S. The van der Waals surface area contributed by atoms with Crippen LogP contribution in [0.4, 0.5) is 5.69 Å². The molecule has 5 heteroatoms. The van der Waals surface area contributed by atoms with Gasteiger partial charge in [0, 0.05) is 12.2 Å². The van der Waals surface area contributed by atoms with E-state index in [0.29, 0.717) is 0 Å². The van der Waals surface area contributed by atoms with Crippen LogP contribution in [-0.4, -0.2) is 15.0 Å². The highest BCUT2D eigenvalue weighted by Crippen LogP contribution is 2.12. The fraction of sp³-hybridized carbons (Fsp3) is 0.200. The molecule has 3 N–H and O–H groups in total. The zero-order valence-corrected chi connectivity index (χ0v) is 11.9. The van der Waals surface area contributed by atoms with Gasteiger partial charge in [0.25, 0.3) is 0 Å². The topological polar surface area (TPSA) is 72.2 Å². The van der Waals surface area contributed by atoms with Gasteiger partial charge < -0.3 is 5.32 Å². The molecule has 106 valence electrons. The predicted molar refractivity (Wildman–Crippen MR) is 81.1 cm³/mol. The predicted octanol–water partition coefficient (Wildman–Crippen LogP) is 2.38. The van der Waals surface area contributed by atoms with E-state index in [1.54, 1.807) is 12.1 Å². The van der Waals surface area contributed by atoms with E-state index in [4.69, 9.17) is 5.14 Å². The largest absolute Gasteiger partial charge is 0.385 e. The molecule has 0 saturated heterocycles. The van der Waals surface area contributed by atoms with E-state index in [-0.39, 0.29) is 4.90 Å². The number of benzene rings is 2. The first-order valence-electron chi connectivity index (χ1n) is 6.46. The monoisotopic (exact) mass is 290 g/mol. The van der Waals surface area contributed by atoms with Gasteiger partial charge in [0.1, 0.15) is 0 Å². The summed E-state index contributed by atoms with van der Waals surface area (Å²) in [6.07, 6.45) is 2.03. The summed E-state index contributed by atoms with van der Waals surface area (Å²) in [4.78, 5) is 0.132. The summed E-state index contributed by atoms with van der Waals surface area (Å²) in [5.41, 5.74) is 2.21. The van der Waals surface area contributed by atoms with E-state index >= 15 is 0 Å². The third-order valence-electron chi connectivity index (χ3n) is 3.00. The molecule has 0 aromatic heterocycles. The minimum absolute atomic E-state index is 0.132. The first-order chi connectivity index (χ1) is 9.55. The Labute approximate surface area is 119 Å². The standard InChI is InChI=1S/C15H18N2O2S/c16-20(18,19)15-10-8-14(9-11-15)17-12-4-7-13-5-2-1-3-6-13/h1-3,5-6,8-11,17H,4,7,12H2,(H2,16,18,19). The molecule has 0 aliphatic heterocycles. The van der Waals surface area contributed by atoms with Gasteiger partial charge >= 0.3 is 0 Å². The molecule has 0 spiro atoms. The van der Waals surface area contributed by atoms with Crippen molar-refractivity contribution in [2.75, 3.05) is 11.9 Å². The Bertz CT molecular complexity index is 637. The first kappa shape index (κ1) is 14.6. The number of nitrogens with two attached hydrogens (primary N) is 1. The lowest BCUT2D eigenvalue weighted by atomic mass is 10.1. The van der Waals surface area contributed by atoms with Crippen molar-refractivity contribution < 1.29 is 8.42 Å². The molecule has 2 aromatic rings. The Kier molecular flexibility index (Phi) is 4.76. The lowest BCUT2D eigenvalue weighted by molar-refractivity contribution is 0.598. The Morgan fingerprint density at radius 1 is 0.950 bits per heavy atom. The average molecular weight is 290 g/mol. The van der Waals surface area contributed by atoms with Crippen LogP contribution in [0.1, 0.15) is 12.0 Å². The fourth-order valence-corrected chi connectivity index (χ4v) is 2.45. The number of hydrogen-bond donors (Lipinski definition) is 2. The molecular weight excluding hydrogens is 272 g/mol. The SMILES string of the molecule is NS(=O)(=O)c1ccc(NCCCc2ccccc2)cc1. The third kappa shape index (κ3) is 4.36. The van der Waals surface area contributed by atoms with Gasteiger partial charge in [-0.3, -0.25) is 0 Å². The third-order valence-corrected chi connectivity index (χ3v) is 3.93. The van der Waals surface area contributed by atoms with Gasteiger partial charge in [0.15, 0.2) is 0 Å². The maximum Gasteiger partial charge on any atom is 0.238 e. The lowest BCUT2D eigenvalue weighted by Crippen LogP contribution is -2.12. The lowest BCUT2D eigenvalue weighted by Gasteiger charge is -2.07. The highest BCUT2D eigenvalue weighted by Gasteiger charge is 2.06. The molecule has 0 atom stereocenters. The Hall–Kier alpha value is -1.85. The van der Waals surface area contributed by atoms with Crippen LogP contribution in [-0.2, 0) is 16.4 Å². The summed E-state index contributed by atoms with van der Waals surface area (Å²) >= 11 is 0. The Morgan fingerprint density at radius 2 is 1.60 bits per heavy atom. The molecule has 0 unspecified atom stereocenters. The van der Waals surface area contributed by atoms with Crippen LogP contribution in [0.3, 0.4) is 0 Å². The van der Waals surface area contributed by atoms with Crippen molar-refractivity contribution in [1.82, 2.24) is 0 Å². The molecule has 0 bridgehead atoms. The molecule has 2 rings (SSSR count). The first-order valence-corrected chi connectivity index (χ1v) is 8.01. The second-order valence-corrected chi connectivity index (χ2v) is 6.15. The molecule has 0 heterocycles. The summed E-state index contributed by atoms with van der Waals surface area (Å²) in [7, 11) is -3.61. The minimum Gasteiger partial charge on any atom is -0.385 e. The second kappa shape index (κ2) is 6.54. The van der Waals surface area contributed by atoms with Crippen LogP contribution in [0.15, 0.2) is 59.5 Å². The van der Waals surface area contributed by atoms with E-state index < -0.39 is 10.0 Å². The smallest absolute Gasteiger partial charge is 0.238 e. The van der Waals surface area contributed by atoms with Crippen LogP contribution < -0.4 is 10.5 Å². The molecule has 0 amide bonds. The molecule has 4 nitrogen and oxygen atoms in total. The number of sulfonamides is 1. The Balaban J connectivity index is 1.80. The van der Waals surface area contributed by atoms with Crippen LogP contribution in [0, 0.1) is 0 Å². The number of nitrogens with one attached hydrogen (secondary N) is 1. The summed E-state index contributed by atoms with van der Waals surface area (Å²) < 4.78 is 22.2. The number of aryl methyl sites for hydroxylation is 1. The van der Waals surface area contributed by atoms with Gasteiger partial charge in [-0.2, -0.15) is 0 Å². The zero-order valence-electron chi connectivity index (χ0n) is 11.1. The van der Waals surface area contributed by atoms with E-state index in [0.717, 1.165) is 25.1 Å². The zero-order chi connectivity index (χ0) is 14.4. The highest BCUT2D eigenvalue weighted by atomic mass is 32.2. The summed E-state index contributed by atoms with van der Waals surface area (Å²) in [5.74, 6) is 0. The fourth-order valence-electron chi connectivity index (χ4n) is 1.93. The average Bonchev–Trinajstić information content (AvgIpc) is 2.44. The number of anilines is 1. The van der Waals surface area contributed by atoms with Gasteiger partial charge in [-0.15, -0.1) is 0 Å². The highest BCUT2D eigenvalue weighted by molar-refractivity contribution is 7.89. The van der Waals surface area contributed by atoms with Gasteiger partial charge in [0.05, 0.1) is 4.90 Å². The van der Waals surface area contributed by atoms with E-state index in [1.165, 1.54) is 17.7 Å². The van der Waals surface area contributed by atoms with E-state index in [1.807, 2.05) is 18.2 Å². The molecule has 2 aromatic carbocycles. The quantitative estimate of drug-likeness (QED) is 0.802. The van der Waals surface area contributed by atoms with Crippen LogP contribution in [0.2, 0.25) is 0 Å². The maximum absolute atomic E-state index is 11.1. The summed E-state index contributed by atoms with van der Waals surface area (Å²) in [5, 5.41) is 8.30. The number of rotatable bonds is 6. The minimum atomic E-state index is -3.61. The van der Waals surface area contributed by atoms with Crippen molar-refractivity contribution in [3.63, 3.8) is 0 Å². The van der Waals surface area contributed by atoms with Crippen molar-refractivity contribution in [1.29, 1.82) is 0 Å². The van der Waals surface area contributed by atoms with Gasteiger partial charge in [0.2, 0.25) is 10.0 Å². The van der Waals surface area contributed by atoms with Crippen LogP contribution in [0.25, 0.3) is 0 Å². The Morgan fingerprint density at radius 3 is 2.20 bits per heavy atom. The number of primary sulfonamides is 1. The van der Waals surface area contributed by atoms with Gasteiger partial charge in [-0.05, 0) is 42.7 Å². The molecule has 0 aliphatic rings. The number of hydrogen-bond acceptors (Lipinski definition) is 3. The van der Waals surface area contributed by atoms with Crippen molar-refractivity contribution in [3.8, 4) is 0 Å². The van der Waals surface area contributed by atoms with E-state index in [2.05, 4.69) is 17.4 Å². The van der Waals surface area contributed by atoms with Gasteiger partial charge in [-0.1, -0.05) is 30.3 Å². The molecule has 0 aliphatic carbocycles. The van der Waals surface area contributed by atoms with Crippen molar-refractivity contribution in [2.24, 2.45) is 5.14 Å². The van der Waals surface area contributed by atoms with Crippen LogP contribution >= 0.6 is 0 Å². The normalized spacial score (nSPS) is 11.2. The van der Waals surface area contributed by atoms with Crippen molar-refractivity contribution >= 4 is 15.7 Å². The molecule has 0 fully saturated rings. The van der Waals surface area contributed by atoms with Gasteiger partial charge in [-0.25, -0.2) is 13.6 Å². The summed E-state index contributed by atoms with van der Waals surface area (Å²) in [6, 6.07) is 16.8. The maximum atomic E-state index is 11.1. The van der Waals surface area contributed by atoms with Crippen molar-refractivity contribution in [2.45, 2.75) is 17.7 Å². The second-order valence-electron chi connectivity index (χ2n) is 4.59.